The van der Waals surface area contributed by atoms with Gasteiger partial charge in [-0.2, -0.15) is 0 Å². The van der Waals surface area contributed by atoms with Crippen LogP contribution >= 0.6 is 0 Å². The molecule has 5 nitrogen and oxygen atoms in total. The Hall–Kier alpha value is -2.66. The van der Waals surface area contributed by atoms with Crippen LogP contribution in [0.15, 0.2) is 48.8 Å². The zero-order chi connectivity index (χ0) is 16.9. The number of nitrogens with two attached hydrogens (primary N) is 1. The zero-order valence-electron chi connectivity index (χ0n) is 13.7. The molecule has 1 aromatic carbocycles. The molecule has 24 heavy (non-hydrogen) atoms. The van der Waals surface area contributed by atoms with Crippen LogP contribution in [-0.2, 0) is 11.2 Å². The largest absolute Gasteiger partial charge is 0.465 e. The molecule has 3 aromatic rings. The van der Waals surface area contributed by atoms with E-state index in [1.807, 2.05) is 30.3 Å². The van der Waals surface area contributed by atoms with Crippen molar-refractivity contribution in [1.82, 2.24) is 9.55 Å². The summed E-state index contributed by atoms with van der Waals surface area (Å²) in [5.74, 6) is 0.536. The number of esters is 1. The molecule has 0 unspecified atom stereocenters. The molecule has 3 rings (SSSR count). The number of aryl methyl sites for hydroxylation is 1. The average molecular weight is 323 g/mol. The minimum atomic E-state index is -0.324. The second-order valence-electron chi connectivity index (χ2n) is 5.68. The van der Waals surface area contributed by atoms with Crippen molar-refractivity contribution in [2.45, 2.75) is 19.3 Å². The van der Waals surface area contributed by atoms with Gasteiger partial charge in [-0.25, -0.2) is 9.78 Å². The average Bonchev–Trinajstić information content (AvgIpc) is 3.00. The summed E-state index contributed by atoms with van der Waals surface area (Å²) in [5, 5.41) is 1.06. The number of aromatic nitrogens is 2. The van der Waals surface area contributed by atoms with Gasteiger partial charge in [0, 0.05) is 17.8 Å². The molecule has 124 valence electrons. The van der Waals surface area contributed by atoms with Gasteiger partial charge >= 0.3 is 5.97 Å². The van der Waals surface area contributed by atoms with Crippen molar-refractivity contribution < 1.29 is 9.53 Å². The summed E-state index contributed by atoms with van der Waals surface area (Å²) in [7, 11) is 1.40. The van der Waals surface area contributed by atoms with Crippen LogP contribution in [0.4, 0.5) is 0 Å². The first kappa shape index (κ1) is 16.2. The predicted molar refractivity (Wildman–Crippen MR) is 94.4 cm³/mol. The monoisotopic (exact) mass is 323 g/mol. The highest BCUT2D eigenvalue weighted by Gasteiger charge is 2.14. The van der Waals surface area contributed by atoms with Gasteiger partial charge in [-0.3, -0.25) is 0 Å². The predicted octanol–water partition coefficient (Wildman–Crippen LogP) is 3.09. The van der Waals surface area contributed by atoms with Crippen LogP contribution < -0.4 is 5.73 Å². The summed E-state index contributed by atoms with van der Waals surface area (Å²) in [4.78, 5) is 16.3. The summed E-state index contributed by atoms with van der Waals surface area (Å²) < 4.78 is 6.90. The molecule has 0 aliphatic carbocycles. The number of methoxy groups -OCH3 is 1. The second kappa shape index (κ2) is 7.27. The second-order valence-corrected chi connectivity index (χ2v) is 5.68. The molecular weight excluding hydrogens is 302 g/mol. The number of unbranched alkanes of at least 4 members (excludes halogenated alkanes) is 1. The van der Waals surface area contributed by atoms with Gasteiger partial charge in [0.15, 0.2) is 0 Å². The Labute approximate surface area is 141 Å². The van der Waals surface area contributed by atoms with E-state index < -0.39 is 0 Å². The molecule has 2 heterocycles. The van der Waals surface area contributed by atoms with Gasteiger partial charge in [-0.15, -0.1) is 0 Å². The molecule has 2 N–H and O–H groups in total. The van der Waals surface area contributed by atoms with Crippen LogP contribution in [0.2, 0.25) is 0 Å². The van der Waals surface area contributed by atoms with Crippen molar-refractivity contribution in [2.24, 2.45) is 5.73 Å². The molecular formula is C19H21N3O2. The number of pyridine rings is 1. The topological polar surface area (TPSA) is 70.1 Å². The summed E-state index contributed by atoms with van der Waals surface area (Å²) in [6, 6.07) is 11.5. The smallest absolute Gasteiger partial charge is 0.337 e. The standard InChI is InChI=1S/C19H21N3O2/c1-24-19(23)14-8-9-17-16(12-14)15(6-2-4-10-20)13-22(17)18-7-3-5-11-21-18/h3,5,7-9,11-13H,2,4,6,10,20H2,1H3. The van der Waals surface area contributed by atoms with E-state index in [4.69, 9.17) is 10.5 Å². The number of carbonyl (C=O) groups excluding carboxylic acids is 1. The van der Waals surface area contributed by atoms with Crippen LogP contribution in [0.25, 0.3) is 16.7 Å². The molecule has 5 heteroatoms. The van der Waals surface area contributed by atoms with E-state index in [1.165, 1.54) is 12.7 Å². The van der Waals surface area contributed by atoms with E-state index in [-0.39, 0.29) is 5.97 Å². The number of carbonyl (C=O) groups is 1. The lowest BCUT2D eigenvalue weighted by atomic mass is 10.0. The number of hydrogen-bond acceptors (Lipinski definition) is 4. The van der Waals surface area contributed by atoms with Crippen LogP contribution in [-0.4, -0.2) is 29.2 Å². The molecule has 0 spiro atoms. The number of fused-ring (bicyclic) bond motifs is 1. The number of rotatable bonds is 6. The van der Waals surface area contributed by atoms with Crippen molar-refractivity contribution in [3.05, 3.63) is 59.9 Å². The normalized spacial score (nSPS) is 10.9. The fourth-order valence-electron chi connectivity index (χ4n) is 2.89. The lowest BCUT2D eigenvalue weighted by Gasteiger charge is -2.04. The van der Waals surface area contributed by atoms with Crippen LogP contribution in [0.1, 0.15) is 28.8 Å². The van der Waals surface area contributed by atoms with E-state index >= 15 is 0 Å². The van der Waals surface area contributed by atoms with Gasteiger partial charge in [0.1, 0.15) is 5.82 Å². The summed E-state index contributed by atoms with van der Waals surface area (Å²) in [6.07, 6.45) is 6.79. The molecule has 0 saturated carbocycles. The number of nitrogens with zero attached hydrogens (tertiary/aromatic N) is 2. The minimum Gasteiger partial charge on any atom is -0.465 e. The van der Waals surface area contributed by atoms with Crippen LogP contribution in [0.3, 0.4) is 0 Å². The summed E-state index contributed by atoms with van der Waals surface area (Å²) in [5.41, 5.74) is 8.39. The quantitative estimate of drug-likeness (QED) is 0.559. The van der Waals surface area contributed by atoms with Crippen molar-refractivity contribution in [1.29, 1.82) is 0 Å². The molecule has 0 aliphatic rings. The first-order chi connectivity index (χ1) is 11.7. The number of ether oxygens (including phenoxy) is 1. The fourth-order valence-corrected chi connectivity index (χ4v) is 2.89. The lowest BCUT2D eigenvalue weighted by Crippen LogP contribution is -2.01. The van der Waals surface area contributed by atoms with E-state index in [1.54, 1.807) is 12.3 Å². The van der Waals surface area contributed by atoms with Gasteiger partial charge < -0.3 is 15.0 Å². The molecule has 0 amide bonds. The van der Waals surface area contributed by atoms with E-state index in [2.05, 4.69) is 15.7 Å². The molecule has 2 aromatic heterocycles. The Kier molecular flexibility index (Phi) is 4.91. The zero-order valence-corrected chi connectivity index (χ0v) is 13.7. The Morgan fingerprint density at radius 1 is 1.25 bits per heavy atom. The van der Waals surface area contributed by atoms with E-state index in [9.17, 15) is 4.79 Å². The summed E-state index contributed by atoms with van der Waals surface area (Å²) >= 11 is 0. The first-order valence-corrected chi connectivity index (χ1v) is 8.08. The molecule has 0 atom stereocenters. The van der Waals surface area contributed by atoms with Gasteiger partial charge in [0.2, 0.25) is 0 Å². The minimum absolute atomic E-state index is 0.324. The Bertz CT molecular complexity index is 840. The Morgan fingerprint density at radius 2 is 2.12 bits per heavy atom. The van der Waals surface area contributed by atoms with E-state index in [0.717, 1.165) is 36.0 Å². The number of benzene rings is 1. The fraction of sp³-hybridized carbons (Fsp3) is 0.263. The highest BCUT2D eigenvalue weighted by Crippen LogP contribution is 2.27. The van der Waals surface area contributed by atoms with Crippen LogP contribution in [0.5, 0.6) is 0 Å². The molecule has 0 bridgehead atoms. The van der Waals surface area contributed by atoms with Gasteiger partial charge in [-0.1, -0.05) is 6.07 Å². The maximum Gasteiger partial charge on any atom is 0.337 e. The number of hydrogen-bond donors (Lipinski definition) is 1. The van der Waals surface area contributed by atoms with Gasteiger partial charge in [0.05, 0.1) is 18.2 Å². The molecule has 0 saturated heterocycles. The van der Waals surface area contributed by atoms with Gasteiger partial charge in [0.25, 0.3) is 0 Å². The van der Waals surface area contributed by atoms with Crippen molar-refractivity contribution in [3.8, 4) is 5.82 Å². The Morgan fingerprint density at radius 3 is 2.83 bits per heavy atom. The molecule has 0 aliphatic heterocycles. The van der Waals surface area contributed by atoms with Gasteiger partial charge in [-0.05, 0) is 61.7 Å². The SMILES string of the molecule is COC(=O)c1ccc2c(c1)c(CCCCN)cn2-c1ccccn1. The maximum atomic E-state index is 11.8. The Balaban J connectivity index is 2.10. The van der Waals surface area contributed by atoms with Crippen molar-refractivity contribution in [3.63, 3.8) is 0 Å². The third-order valence-electron chi connectivity index (χ3n) is 4.10. The highest BCUT2D eigenvalue weighted by atomic mass is 16.5. The highest BCUT2D eigenvalue weighted by molar-refractivity contribution is 5.96. The maximum absolute atomic E-state index is 11.8. The first-order valence-electron chi connectivity index (χ1n) is 8.08. The summed E-state index contributed by atoms with van der Waals surface area (Å²) in [6.45, 7) is 0.687. The van der Waals surface area contributed by atoms with Crippen LogP contribution in [0, 0.1) is 0 Å². The molecule has 0 radical (unpaired) electrons. The lowest BCUT2D eigenvalue weighted by molar-refractivity contribution is 0.0601. The van der Waals surface area contributed by atoms with E-state index in [0.29, 0.717) is 12.1 Å². The third-order valence-corrected chi connectivity index (χ3v) is 4.10. The third kappa shape index (κ3) is 3.16. The molecule has 0 fully saturated rings. The van der Waals surface area contributed by atoms with Crippen molar-refractivity contribution >= 4 is 16.9 Å². The van der Waals surface area contributed by atoms with Crippen molar-refractivity contribution in [2.75, 3.05) is 13.7 Å².